The molecule has 4 rings (SSSR count). The van der Waals surface area contributed by atoms with Gasteiger partial charge in [-0.3, -0.25) is 4.72 Å². The van der Waals surface area contributed by atoms with E-state index in [0.29, 0.717) is 16.9 Å². The molecule has 0 aliphatic rings. The van der Waals surface area contributed by atoms with Crippen molar-refractivity contribution in [2.45, 2.75) is 31.1 Å². The lowest BCUT2D eigenvalue weighted by atomic mass is 9.87. The third kappa shape index (κ3) is 5.24. The maximum absolute atomic E-state index is 13.3. The highest BCUT2D eigenvalue weighted by atomic mass is 32.2. The van der Waals surface area contributed by atoms with Crippen LogP contribution < -0.4 is 9.62 Å². The van der Waals surface area contributed by atoms with Gasteiger partial charge in [0.1, 0.15) is 27.7 Å². The van der Waals surface area contributed by atoms with Crippen LogP contribution in [-0.2, 0) is 15.4 Å². The number of hydrogen-bond acceptors (Lipinski definition) is 9. The highest BCUT2D eigenvalue weighted by molar-refractivity contribution is 7.92. The topological polar surface area (TPSA) is 133 Å². The number of nitrogens with one attached hydrogen (secondary N) is 1. The van der Waals surface area contributed by atoms with Gasteiger partial charge in [0.2, 0.25) is 0 Å². The molecule has 0 spiro atoms. The van der Waals surface area contributed by atoms with Crippen LogP contribution in [0.4, 0.5) is 23.3 Å². The van der Waals surface area contributed by atoms with Gasteiger partial charge < -0.3 is 14.4 Å². The Kier molecular flexibility index (Phi) is 6.20. The lowest BCUT2D eigenvalue weighted by Crippen LogP contribution is -2.18. The predicted molar refractivity (Wildman–Crippen MR) is 134 cm³/mol. The molecule has 2 aromatic heterocycles. The summed E-state index contributed by atoms with van der Waals surface area (Å²) in [5.41, 5.74) is 1.75. The smallest absolute Gasteiger partial charge is 0.341 e. The molecule has 0 amide bonds. The molecule has 0 atom stereocenters. The summed E-state index contributed by atoms with van der Waals surface area (Å²) in [6.07, 6.45) is 0. The SMILES string of the molecule is CN(C)c1ccc(N=Nc2nc3ccccc3o2)c(NS(=O)(=O)c2cc(C(C)(C)C)ccc2O)n1. The molecule has 0 aliphatic heterocycles. The zero-order valence-corrected chi connectivity index (χ0v) is 20.8. The number of phenols is 1. The molecule has 35 heavy (non-hydrogen) atoms. The molecule has 182 valence electrons. The Balaban J connectivity index is 1.74. The molecule has 0 fully saturated rings. The number of anilines is 2. The molecule has 10 nitrogen and oxygen atoms in total. The maximum atomic E-state index is 13.3. The lowest BCUT2D eigenvalue weighted by molar-refractivity contribution is 0.457. The Hall–Kier alpha value is -3.99. The first-order valence-electron chi connectivity index (χ1n) is 10.8. The minimum absolute atomic E-state index is 0.0206. The summed E-state index contributed by atoms with van der Waals surface area (Å²) in [4.78, 5) is 10.1. The summed E-state index contributed by atoms with van der Waals surface area (Å²) >= 11 is 0. The number of azo groups is 1. The molecular weight excluding hydrogens is 468 g/mol. The number of sulfonamides is 1. The minimum atomic E-state index is -4.22. The number of phenolic OH excluding ortho intramolecular Hbond substituents is 1. The number of hydrogen-bond donors (Lipinski definition) is 2. The van der Waals surface area contributed by atoms with Crippen molar-refractivity contribution in [3.8, 4) is 5.75 Å². The van der Waals surface area contributed by atoms with Gasteiger partial charge in [-0.2, -0.15) is 4.98 Å². The largest absolute Gasteiger partial charge is 0.507 e. The van der Waals surface area contributed by atoms with Gasteiger partial charge in [0, 0.05) is 14.1 Å². The molecule has 0 radical (unpaired) electrons. The van der Waals surface area contributed by atoms with E-state index in [2.05, 4.69) is 24.9 Å². The summed E-state index contributed by atoms with van der Waals surface area (Å²) in [7, 11) is -0.664. The molecule has 0 saturated heterocycles. The Bertz CT molecular complexity index is 1490. The molecule has 2 aromatic carbocycles. The van der Waals surface area contributed by atoms with Gasteiger partial charge in [0.15, 0.2) is 11.4 Å². The fourth-order valence-electron chi connectivity index (χ4n) is 3.22. The van der Waals surface area contributed by atoms with Gasteiger partial charge in [-0.1, -0.05) is 44.1 Å². The normalized spacial score (nSPS) is 12.4. The van der Waals surface area contributed by atoms with Crippen molar-refractivity contribution in [2.24, 2.45) is 10.2 Å². The van der Waals surface area contributed by atoms with Gasteiger partial charge in [0.05, 0.1) is 0 Å². The second kappa shape index (κ2) is 8.99. The number of benzene rings is 2. The predicted octanol–water partition coefficient (Wildman–Crippen LogP) is 5.51. The molecule has 0 unspecified atom stereocenters. The van der Waals surface area contributed by atoms with Gasteiger partial charge in [-0.15, -0.1) is 5.11 Å². The summed E-state index contributed by atoms with van der Waals surface area (Å²) in [5.74, 6) is 0.0664. The number of aromatic hydroxyl groups is 1. The van der Waals surface area contributed by atoms with Crippen molar-refractivity contribution in [3.63, 3.8) is 0 Å². The number of para-hydroxylation sites is 2. The van der Waals surface area contributed by atoms with Crippen LogP contribution >= 0.6 is 0 Å². The lowest BCUT2D eigenvalue weighted by Gasteiger charge is -2.20. The van der Waals surface area contributed by atoms with E-state index in [1.54, 1.807) is 49.3 Å². The molecule has 0 aliphatic carbocycles. The average molecular weight is 495 g/mol. The van der Waals surface area contributed by atoms with Crippen molar-refractivity contribution in [1.82, 2.24) is 9.97 Å². The zero-order valence-electron chi connectivity index (χ0n) is 20.0. The van der Waals surface area contributed by atoms with E-state index >= 15 is 0 Å². The van der Waals surface area contributed by atoms with Crippen LogP contribution in [0.1, 0.15) is 26.3 Å². The molecular formula is C24H26N6O4S. The fourth-order valence-corrected chi connectivity index (χ4v) is 4.36. The molecule has 2 N–H and O–H groups in total. The minimum Gasteiger partial charge on any atom is -0.507 e. The van der Waals surface area contributed by atoms with Crippen LogP contribution in [0.2, 0.25) is 0 Å². The Morgan fingerprint density at radius 2 is 1.74 bits per heavy atom. The fraction of sp³-hybridized carbons (Fsp3) is 0.250. The van der Waals surface area contributed by atoms with Gasteiger partial charge in [-0.25, -0.2) is 13.4 Å². The standard InChI is InChI=1S/C24H26N6O4S/c1-24(2,3)15-10-12-18(31)20(14-15)35(32,33)29-22-17(11-13-21(26-22)30(4)5)27-28-23-25-16-8-6-7-9-19(16)34-23/h6-14,31H,1-5H3,(H,26,29). The zero-order chi connectivity index (χ0) is 25.4. The second-order valence-electron chi connectivity index (χ2n) is 9.13. The quantitative estimate of drug-likeness (QED) is 0.338. The first-order chi connectivity index (χ1) is 16.4. The highest BCUT2D eigenvalue weighted by Crippen LogP contribution is 2.34. The summed E-state index contributed by atoms with van der Waals surface area (Å²) in [5, 5.41) is 18.5. The molecule has 2 heterocycles. The molecule has 11 heteroatoms. The first-order valence-corrected chi connectivity index (χ1v) is 12.2. The summed E-state index contributed by atoms with van der Waals surface area (Å²) in [6, 6.07) is 15.0. The van der Waals surface area contributed by atoms with Crippen molar-refractivity contribution in [2.75, 3.05) is 23.7 Å². The van der Waals surface area contributed by atoms with Gasteiger partial charge in [0.25, 0.3) is 10.0 Å². The van der Waals surface area contributed by atoms with Crippen molar-refractivity contribution >= 4 is 44.5 Å². The Labute approximate surface area is 203 Å². The number of fused-ring (bicyclic) bond motifs is 1. The number of nitrogens with zero attached hydrogens (tertiary/aromatic N) is 5. The van der Waals surface area contributed by atoms with Crippen LogP contribution in [0.3, 0.4) is 0 Å². The monoisotopic (exact) mass is 494 g/mol. The summed E-state index contributed by atoms with van der Waals surface area (Å²) in [6.45, 7) is 5.86. The van der Waals surface area contributed by atoms with E-state index < -0.39 is 10.0 Å². The third-order valence-electron chi connectivity index (χ3n) is 5.19. The first kappa shape index (κ1) is 24.1. The Morgan fingerprint density at radius 3 is 2.43 bits per heavy atom. The number of aromatic nitrogens is 2. The van der Waals surface area contributed by atoms with E-state index in [-0.39, 0.29) is 33.6 Å². The van der Waals surface area contributed by atoms with Crippen LogP contribution in [0.15, 0.2) is 74.1 Å². The van der Waals surface area contributed by atoms with Crippen LogP contribution in [0, 0.1) is 0 Å². The van der Waals surface area contributed by atoms with Crippen molar-refractivity contribution in [1.29, 1.82) is 0 Å². The van der Waals surface area contributed by atoms with Crippen LogP contribution in [0.25, 0.3) is 11.1 Å². The van der Waals surface area contributed by atoms with Gasteiger partial charge >= 0.3 is 6.01 Å². The van der Waals surface area contributed by atoms with E-state index in [1.807, 2.05) is 32.9 Å². The van der Waals surface area contributed by atoms with E-state index in [0.717, 1.165) is 5.56 Å². The highest BCUT2D eigenvalue weighted by Gasteiger charge is 2.25. The molecule has 0 bridgehead atoms. The number of rotatable bonds is 6. The molecule has 0 saturated carbocycles. The van der Waals surface area contributed by atoms with Crippen LogP contribution in [-0.4, -0.2) is 37.6 Å². The number of oxazole rings is 1. The number of pyridine rings is 1. The van der Waals surface area contributed by atoms with E-state index in [1.165, 1.54) is 12.1 Å². The van der Waals surface area contributed by atoms with E-state index in [9.17, 15) is 13.5 Å². The summed E-state index contributed by atoms with van der Waals surface area (Å²) < 4.78 is 34.6. The van der Waals surface area contributed by atoms with E-state index in [4.69, 9.17) is 4.42 Å². The van der Waals surface area contributed by atoms with Crippen molar-refractivity contribution < 1.29 is 17.9 Å². The van der Waals surface area contributed by atoms with Gasteiger partial charge in [-0.05, 0) is 47.4 Å². The second-order valence-corrected chi connectivity index (χ2v) is 10.8. The van der Waals surface area contributed by atoms with Crippen molar-refractivity contribution in [3.05, 3.63) is 60.2 Å². The molecule has 4 aromatic rings. The van der Waals surface area contributed by atoms with Crippen LogP contribution in [0.5, 0.6) is 5.75 Å². The average Bonchev–Trinajstić information content (AvgIpc) is 3.20. The Morgan fingerprint density at radius 1 is 1.00 bits per heavy atom. The maximum Gasteiger partial charge on any atom is 0.341 e. The third-order valence-corrected chi connectivity index (χ3v) is 6.56.